The fourth-order valence-electron chi connectivity index (χ4n) is 6.93. The van der Waals surface area contributed by atoms with Crippen LogP contribution in [0, 0.1) is 5.92 Å². The highest BCUT2D eigenvalue weighted by Crippen LogP contribution is 2.52. The summed E-state index contributed by atoms with van der Waals surface area (Å²) in [6.45, 7) is 31.7. The molecule has 2 aromatic rings. The molecule has 1 unspecified atom stereocenters. The second kappa shape index (κ2) is 13.8. The van der Waals surface area contributed by atoms with Gasteiger partial charge in [-0.15, -0.1) is 0 Å². The number of hydrogen-bond donors (Lipinski definition) is 0. The maximum Gasteiger partial charge on any atom is 0.425 e. The number of hydrogen-bond acceptors (Lipinski definition) is 10. The zero-order chi connectivity index (χ0) is 37.0. The Morgan fingerprint density at radius 2 is 1.41 bits per heavy atom. The van der Waals surface area contributed by atoms with Gasteiger partial charge in [-0.25, -0.2) is 28.9 Å². The molecule has 1 saturated carbocycles. The number of imide groups is 1. The SMILES string of the molecule is C=C1[C@@H](n2cnc3c(N(C(=O)OC(C)(C)C)C(=O)OC(C)(C)C)ncnc32)[C@H](F)C2O[Si](C(C)C)(C(C)C)O[Si](C(C)C)(C(C)C)OC[C@@H]12. The highest BCUT2D eigenvalue weighted by Gasteiger charge is 2.62. The molecule has 0 spiro atoms. The summed E-state index contributed by atoms with van der Waals surface area (Å²) in [7, 11) is -5.96. The number of alkyl halides is 1. The predicted molar refractivity (Wildman–Crippen MR) is 191 cm³/mol. The Hall–Kier alpha value is -2.73. The van der Waals surface area contributed by atoms with E-state index in [-0.39, 0.29) is 45.8 Å². The van der Waals surface area contributed by atoms with Crippen molar-refractivity contribution in [3.8, 4) is 0 Å². The third-order valence-electron chi connectivity index (χ3n) is 9.22. The van der Waals surface area contributed by atoms with Crippen LogP contribution < -0.4 is 4.90 Å². The minimum Gasteiger partial charge on any atom is -0.443 e. The van der Waals surface area contributed by atoms with Gasteiger partial charge in [0.1, 0.15) is 17.5 Å². The van der Waals surface area contributed by atoms with Gasteiger partial charge in [-0.2, -0.15) is 4.90 Å². The molecular weight excluding hydrogens is 666 g/mol. The molecule has 15 heteroatoms. The van der Waals surface area contributed by atoms with Gasteiger partial charge in [0, 0.05) is 12.5 Å². The Morgan fingerprint density at radius 3 is 1.88 bits per heavy atom. The lowest BCUT2D eigenvalue weighted by Crippen LogP contribution is -2.65. The summed E-state index contributed by atoms with van der Waals surface area (Å²) in [5, 5.41) is 0. The molecule has 49 heavy (non-hydrogen) atoms. The van der Waals surface area contributed by atoms with Crippen LogP contribution in [-0.2, 0) is 22.4 Å². The van der Waals surface area contributed by atoms with Crippen molar-refractivity contribution in [2.75, 3.05) is 11.5 Å². The van der Waals surface area contributed by atoms with E-state index in [0.29, 0.717) is 10.5 Å². The highest BCUT2D eigenvalue weighted by atomic mass is 28.5. The molecule has 4 rings (SSSR count). The number of aromatic nitrogens is 4. The summed E-state index contributed by atoms with van der Waals surface area (Å²) in [5.41, 5.74) is -0.674. The number of fused-ring (bicyclic) bond motifs is 2. The van der Waals surface area contributed by atoms with Gasteiger partial charge in [0.25, 0.3) is 0 Å². The molecule has 0 bridgehead atoms. The van der Waals surface area contributed by atoms with E-state index in [9.17, 15) is 9.59 Å². The molecule has 2 aliphatic rings. The normalized spacial score (nSPS) is 24.3. The molecule has 2 aromatic heterocycles. The summed E-state index contributed by atoms with van der Waals surface area (Å²) < 4.78 is 51.0. The summed E-state index contributed by atoms with van der Waals surface area (Å²) in [4.78, 5) is 40.8. The number of imidazole rings is 1. The Bertz CT molecular complexity index is 1510. The van der Waals surface area contributed by atoms with E-state index in [1.165, 1.54) is 12.7 Å². The zero-order valence-electron chi connectivity index (χ0n) is 31.7. The Balaban J connectivity index is 1.83. The van der Waals surface area contributed by atoms with Crippen LogP contribution in [0.5, 0.6) is 0 Å². The second-order valence-corrected chi connectivity index (χ2v) is 25.3. The largest absolute Gasteiger partial charge is 0.443 e. The fourth-order valence-corrected chi connectivity index (χ4v) is 18.2. The summed E-state index contributed by atoms with van der Waals surface area (Å²) in [5.74, 6) is -0.614. The van der Waals surface area contributed by atoms with Crippen LogP contribution in [0.3, 0.4) is 0 Å². The van der Waals surface area contributed by atoms with Gasteiger partial charge in [-0.1, -0.05) is 62.0 Å². The maximum absolute atomic E-state index is 17.1. The van der Waals surface area contributed by atoms with Crippen molar-refractivity contribution in [1.82, 2.24) is 19.5 Å². The standard InChI is InChI=1S/C34H56FN5O7Si2/c1-19(2)48(20(3)4)43-16-24-23(9)27(25(35)28(24)46-49(47-48,21(5)6)22(7)8)39-18-38-26-29(39)36-17-37-30(26)40(31(41)44-33(10,11)12)32(42)45-34(13,14)15/h17-22,24-25,27-28H,9,16H2,1-8,10-15H3/t24-,25-,27+,28?/m0/s1. The number of carbonyl (C=O) groups excluding carboxylic acids is 2. The van der Waals surface area contributed by atoms with Crippen LogP contribution >= 0.6 is 0 Å². The van der Waals surface area contributed by atoms with Crippen molar-refractivity contribution in [3.05, 3.63) is 24.8 Å². The zero-order valence-corrected chi connectivity index (χ0v) is 33.7. The van der Waals surface area contributed by atoms with Crippen LogP contribution in [0.4, 0.5) is 19.8 Å². The van der Waals surface area contributed by atoms with Gasteiger partial charge in [-0.05, 0) is 69.3 Å². The van der Waals surface area contributed by atoms with Crippen LogP contribution in [0.15, 0.2) is 24.8 Å². The number of halogens is 1. The van der Waals surface area contributed by atoms with Crippen LogP contribution in [0.1, 0.15) is 103 Å². The van der Waals surface area contributed by atoms with E-state index in [2.05, 4.69) is 76.9 Å². The molecule has 274 valence electrons. The first-order valence-corrected chi connectivity index (χ1v) is 21.2. The van der Waals surface area contributed by atoms with Crippen molar-refractivity contribution in [3.63, 3.8) is 0 Å². The summed E-state index contributed by atoms with van der Waals surface area (Å²) >= 11 is 0. The molecule has 1 aliphatic carbocycles. The fraction of sp³-hybridized carbons (Fsp3) is 0.735. The van der Waals surface area contributed by atoms with Gasteiger partial charge in [0.15, 0.2) is 23.2 Å². The van der Waals surface area contributed by atoms with E-state index >= 15 is 4.39 Å². The highest BCUT2D eigenvalue weighted by molar-refractivity contribution is 6.84. The maximum atomic E-state index is 17.1. The van der Waals surface area contributed by atoms with Crippen molar-refractivity contribution < 1.29 is 36.4 Å². The van der Waals surface area contributed by atoms with E-state index in [1.807, 2.05) is 0 Å². The van der Waals surface area contributed by atoms with E-state index < -0.39 is 64.7 Å². The van der Waals surface area contributed by atoms with Crippen molar-refractivity contribution >= 4 is 46.3 Å². The van der Waals surface area contributed by atoms with Gasteiger partial charge >= 0.3 is 29.3 Å². The minimum atomic E-state index is -3.10. The number of carbonyl (C=O) groups is 2. The molecule has 1 saturated heterocycles. The van der Waals surface area contributed by atoms with Crippen LogP contribution in [0.25, 0.3) is 11.2 Å². The first-order chi connectivity index (χ1) is 22.5. The molecule has 2 fully saturated rings. The van der Waals surface area contributed by atoms with E-state index in [1.54, 1.807) is 46.1 Å². The third kappa shape index (κ3) is 7.37. The summed E-state index contributed by atoms with van der Waals surface area (Å²) in [6.07, 6.45) is -1.80. The van der Waals surface area contributed by atoms with Crippen molar-refractivity contribution in [2.24, 2.45) is 5.92 Å². The average Bonchev–Trinajstić information content (AvgIpc) is 3.44. The van der Waals surface area contributed by atoms with Gasteiger partial charge < -0.3 is 27.0 Å². The molecule has 3 heterocycles. The monoisotopic (exact) mass is 721 g/mol. The summed E-state index contributed by atoms with van der Waals surface area (Å²) in [6, 6.07) is -0.929. The molecule has 0 aromatic carbocycles. The van der Waals surface area contributed by atoms with Gasteiger partial charge in [0.2, 0.25) is 0 Å². The molecule has 4 atom stereocenters. The van der Waals surface area contributed by atoms with Gasteiger partial charge in [0.05, 0.1) is 18.5 Å². The lowest BCUT2D eigenvalue weighted by molar-refractivity contribution is 0.00845. The second-order valence-electron chi connectivity index (χ2n) is 16.4. The smallest absolute Gasteiger partial charge is 0.425 e. The van der Waals surface area contributed by atoms with Crippen LogP contribution in [0.2, 0.25) is 22.2 Å². The Labute approximate surface area is 292 Å². The van der Waals surface area contributed by atoms with Crippen molar-refractivity contribution in [1.29, 1.82) is 0 Å². The predicted octanol–water partition coefficient (Wildman–Crippen LogP) is 8.52. The topological polar surface area (TPSA) is 127 Å². The van der Waals surface area contributed by atoms with E-state index in [0.717, 1.165) is 0 Å². The average molecular weight is 722 g/mol. The lowest BCUT2D eigenvalue weighted by atomic mass is 10.0. The first-order valence-electron chi connectivity index (χ1n) is 17.3. The van der Waals surface area contributed by atoms with Gasteiger partial charge in [-0.3, -0.25) is 0 Å². The minimum absolute atomic E-state index is 0.0230. The molecule has 12 nitrogen and oxygen atoms in total. The number of nitrogens with zero attached hydrogens (tertiary/aromatic N) is 5. The molecule has 0 N–H and O–H groups in total. The molecular formula is C34H56FN5O7Si2. The number of ether oxygens (including phenoxy) is 2. The lowest BCUT2D eigenvalue weighted by Gasteiger charge is -2.51. The van der Waals surface area contributed by atoms with E-state index in [4.69, 9.17) is 22.4 Å². The van der Waals surface area contributed by atoms with Crippen molar-refractivity contribution in [2.45, 2.75) is 149 Å². The Kier molecular flexibility index (Phi) is 11.0. The molecule has 1 aliphatic heterocycles. The molecule has 2 amide bonds. The van der Waals surface area contributed by atoms with Crippen LogP contribution in [-0.4, -0.2) is 78.9 Å². The molecule has 0 radical (unpaired) electrons. The first kappa shape index (κ1) is 39.1. The third-order valence-corrected chi connectivity index (χ3v) is 19.5. The number of amides is 2. The number of anilines is 1. The quantitative estimate of drug-likeness (QED) is 0.212. The Morgan fingerprint density at radius 1 is 0.898 bits per heavy atom. The number of rotatable bonds is 6.